The highest BCUT2D eigenvalue weighted by Gasteiger charge is 2.31. The molecule has 0 aliphatic heterocycles. The number of halogens is 1. The van der Waals surface area contributed by atoms with Gasteiger partial charge in [0.05, 0.1) is 30.5 Å². The zero-order valence-corrected chi connectivity index (χ0v) is 12.1. The van der Waals surface area contributed by atoms with Crippen LogP contribution in [0.1, 0.15) is 25.7 Å². The lowest BCUT2D eigenvalue weighted by atomic mass is 10.0. The molecule has 2 N–H and O–H groups in total. The van der Waals surface area contributed by atoms with Crippen LogP contribution in [0.15, 0.2) is 12.1 Å². The van der Waals surface area contributed by atoms with Crippen LogP contribution in [0.4, 0.5) is 5.69 Å². The van der Waals surface area contributed by atoms with E-state index in [1.807, 2.05) is 0 Å². The minimum absolute atomic E-state index is 0.504. The third-order valence-corrected chi connectivity index (χ3v) is 3.91. The van der Waals surface area contributed by atoms with Crippen LogP contribution >= 0.6 is 11.6 Å². The monoisotopic (exact) mass is 285 g/mol. The average Bonchev–Trinajstić information content (AvgIpc) is 2.84. The predicted octanol–water partition coefficient (Wildman–Crippen LogP) is 3.07. The molecule has 1 aromatic carbocycles. The Morgan fingerprint density at radius 1 is 1.21 bits per heavy atom. The highest BCUT2D eigenvalue weighted by Crippen LogP contribution is 2.37. The van der Waals surface area contributed by atoms with Gasteiger partial charge in [0, 0.05) is 18.7 Å². The van der Waals surface area contributed by atoms with Crippen molar-refractivity contribution >= 4 is 17.3 Å². The summed E-state index contributed by atoms with van der Waals surface area (Å²) in [6.07, 6.45) is 3.85. The van der Waals surface area contributed by atoms with E-state index in [-0.39, 0.29) is 0 Å². The summed E-state index contributed by atoms with van der Waals surface area (Å²) in [5.41, 5.74) is 0.168. The fourth-order valence-electron chi connectivity index (χ4n) is 2.47. The number of aliphatic hydroxyl groups is 1. The van der Waals surface area contributed by atoms with Crippen LogP contribution in [0.5, 0.6) is 11.5 Å². The molecular formula is C14H20ClNO3. The molecule has 0 aromatic heterocycles. The topological polar surface area (TPSA) is 50.7 Å². The van der Waals surface area contributed by atoms with Crippen LogP contribution in [0.25, 0.3) is 0 Å². The summed E-state index contributed by atoms with van der Waals surface area (Å²) in [7, 11) is 3.16. The molecule has 0 radical (unpaired) electrons. The van der Waals surface area contributed by atoms with Gasteiger partial charge in [-0.05, 0) is 12.8 Å². The van der Waals surface area contributed by atoms with Crippen molar-refractivity contribution in [2.24, 2.45) is 0 Å². The maximum absolute atomic E-state index is 10.3. The standard InChI is InChI=1S/C14H20ClNO3/c1-18-12-8-11(13(19-2)7-10(12)15)16-9-14(17)5-3-4-6-14/h7-8,16-17H,3-6,9H2,1-2H3. The van der Waals surface area contributed by atoms with Crippen LogP contribution in [0, 0.1) is 0 Å². The summed E-state index contributed by atoms with van der Waals surface area (Å²) in [5, 5.41) is 14.1. The number of anilines is 1. The molecule has 19 heavy (non-hydrogen) atoms. The highest BCUT2D eigenvalue weighted by molar-refractivity contribution is 6.32. The van der Waals surface area contributed by atoms with E-state index in [0.717, 1.165) is 31.4 Å². The molecule has 1 aromatic rings. The Labute approximate surface area is 118 Å². The van der Waals surface area contributed by atoms with Gasteiger partial charge in [-0.2, -0.15) is 0 Å². The second kappa shape index (κ2) is 5.88. The average molecular weight is 286 g/mol. The van der Waals surface area contributed by atoms with E-state index < -0.39 is 5.60 Å². The number of benzene rings is 1. The van der Waals surface area contributed by atoms with Gasteiger partial charge in [0.15, 0.2) is 0 Å². The summed E-state index contributed by atoms with van der Waals surface area (Å²) < 4.78 is 10.5. The van der Waals surface area contributed by atoms with Gasteiger partial charge in [0.1, 0.15) is 11.5 Å². The quantitative estimate of drug-likeness (QED) is 0.873. The Kier molecular flexibility index (Phi) is 4.42. The molecule has 106 valence electrons. The maximum atomic E-state index is 10.3. The SMILES string of the molecule is COc1cc(NCC2(O)CCCC2)c(OC)cc1Cl. The molecule has 2 rings (SSSR count). The zero-order chi connectivity index (χ0) is 13.9. The Balaban J connectivity index is 2.14. The number of hydrogen-bond acceptors (Lipinski definition) is 4. The lowest BCUT2D eigenvalue weighted by Crippen LogP contribution is -2.33. The van der Waals surface area contributed by atoms with Crippen LogP contribution in [-0.2, 0) is 0 Å². The summed E-state index contributed by atoms with van der Waals surface area (Å²) in [5.74, 6) is 1.23. The lowest BCUT2D eigenvalue weighted by Gasteiger charge is -2.24. The number of methoxy groups -OCH3 is 2. The van der Waals surface area contributed by atoms with Crippen LogP contribution < -0.4 is 14.8 Å². The molecule has 0 amide bonds. The number of hydrogen-bond donors (Lipinski definition) is 2. The molecule has 0 unspecified atom stereocenters. The number of ether oxygens (including phenoxy) is 2. The van der Waals surface area contributed by atoms with Gasteiger partial charge >= 0.3 is 0 Å². The van der Waals surface area contributed by atoms with Gasteiger partial charge in [-0.3, -0.25) is 0 Å². The largest absolute Gasteiger partial charge is 0.495 e. The van der Waals surface area contributed by atoms with Crippen molar-refractivity contribution in [1.29, 1.82) is 0 Å². The van der Waals surface area contributed by atoms with Crippen molar-refractivity contribution < 1.29 is 14.6 Å². The minimum Gasteiger partial charge on any atom is -0.495 e. The van der Waals surface area contributed by atoms with Gasteiger partial charge in [-0.1, -0.05) is 24.4 Å². The van der Waals surface area contributed by atoms with Crippen molar-refractivity contribution in [3.05, 3.63) is 17.2 Å². The van der Waals surface area contributed by atoms with Crippen molar-refractivity contribution in [2.45, 2.75) is 31.3 Å². The molecule has 1 saturated carbocycles. The first-order valence-corrected chi connectivity index (χ1v) is 6.83. The van der Waals surface area contributed by atoms with Gasteiger partial charge < -0.3 is 19.9 Å². The van der Waals surface area contributed by atoms with E-state index in [9.17, 15) is 5.11 Å². The molecule has 1 aliphatic carbocycles. The second-order valence-corrected chi connectivity index (χ2v) is 5.38. The lowest BCUT2D eigenvalue weighted by molar-refractivity contribution is 0.0614. The molecule has 1 aliphatic rings. The smallest absolute Gasteiger partial charge is 0.143 e. The normalized spacial score (nSPS) is 17.3. The first-order chi connectivity index (χ1) is 9.08. The number of rotatable bonds is 5. The first-order valence-electron chi connectivity index (χ1n) is 6.46. The van der Waals surface area contributed by atoms with Gasteiger partial charge in [0.2, 0.25) is 0 Å². The van der Waals surface area contributed by atoms with Crippen molar-refractivity contribution in [3.8, 4) is 11.5 Å². The van der Waals surface area contributed by atoms with Gasteiger partial charge in [0.25, 0.3) is 0 Å². The van der Waals surface area contributed by atoms with E-state index in [1.54, 1.807) is 26.4 Å². The molecule has 4 nitrogen and oxygen atoms in total. The van der Waals surface area contributed by atoms with E-state index in [0.29, 0.717) is 23.1 Å². The summed E-state index contributed by atoms with van der Waals surface area (Å²) in [6.45, 7) is 0.508. The molecule has 5 heteroatoms. The summed E-state index contributed by atoms with van der Waals surface area (Å²) in [6, 6.07) is 3.50. The van der Waals surface area contributed by atoms with E-state index >= 15 is 0 Å². The fraction of sp³-hybridized carbons (Fsp3) is 0.571. The van der Waals surface area contributed by atoms with E-state index in [2.05, 4.69) is 5.32 Å². The molecule has 0 bridgehead atoms. The predicted molar refractivity (Wildman–Crippen MR) is 76.5 cm³/mol. The van der Waals surface area contributed by atoms with Crippen LogP contribution in [-0.4, -0.2) is 31.5 Å². The highest BCUT2D eigenvalue weighted by atomic mass is 35.5. The van der Waals surface area contributed by atoms with Crippen molar-refractivity contribution in [2.75, 3.05) is 26.1 Å². The molecule has 0 spiro atoms. The molecular weight excluding hydrogens is 266 g/mol. The van der Waals surface area contributed by atoms with Crippen LogP contribution in [0.2, 0.25) is 5.02 Å². The maximum Gasteiger partial charge on any atom is 0.143 e. The number of nitrogens with one attached hydrogen (secondary N) is 1. The third-order valence-electron chi connectivity index (χ3n) is 3.62. The van der Waals surface area contributed by atoms with Gasteiger partial charge in [-0.25, -0.2) is 0 Å². The molecule has 1 fully saturated rings. The molecule has 0 saturated heterocycles. The third kappa shape index (κ3) is 3.25. The van der Waals surface area contributed by atoms with Crippen molar-refractivity contribution in [3.63, 3.8) is 0 Å². The summed E-state index contributed by atoms with van der Waals surface area (Å²) in [4.78, 5) is 0. The minimum atomic E-state index is -0.613. The summed E-state index contributed by atoms with van der Waals surface area (Å²) >= 11 is 6.05. The Morgan fingerprint density at radius 3 is 2.42 bits per heavy atom. The fourth-order valence-corrected chi connectivity index (χ4v) is 2.70. The molecule has 0 atom stereocenters. The first kappa shape index (κ1) is 14.3. The Morgan fingerprint density at radius 2 is 1.84 bits per heavy atom. The van der Waals surface area contributed by atoms with Gasteiger partial charge in [-0.15, -0.1) is 0 Å². The van der Waals surface area contributed by atoms with Crippen LogP contribution in [0.3, 0.4) is 0 Å². The van der Waals surface area contributed by atoms with E-state index in [1.165, 1.54) is 0 Å². The zero-order valence-electron chi connectivity index (χ0n) is 11.3. The molecule has 0 heterocycles. The second-order valence-electron chi connectivity index (χ2n) is 4.97. The van der Waals surface area contributed by atoms with Crippen molar-refractivity contribution in [1.82, 2.24) is 0 Å². The Hall–Kier alpha value is -1.13. The Bertz CT molecular complexity index is 445. The van der Waals surface area contributed by atoms with E-state index in [4.69, 9.17) is 21.1 Å².